The maximum Gasteiger partial charge on any atom is 0.251 e. The van der Waals surface area contributed by atoms with E-state index in [1.54, 1.807) is 19.2 Å². The molecule has 0 bridgehead atoms. The van der Waals surface area contributed by atoms with Crippen LogP contribution < -0.4 is 14.8 Å². The number of nitrogens with one attached hydrogen (secondary N) is 2. The first-order valence-electron chi connectivity index (χ1n) is 7.84. The lowest BCUT2D eigenvalue weighted by Gasteiger charge is -2.09. The van der Waals surface area contributed by atoms with Gasteiger partial charge in [-0.05, 0) is 35.9 Å². The Kier molecular flexibility index (Phi) is 6.72. The zero-order chi connectivity index (χ0) is 19.0. The predicted molar refractivity (Wildman–Crippen MR) is 96.0 cm³/mol. The summed E-state index contributed by atoms with van der Waals surface area (Å²) >= 11 is 0. The molecule has 136 valence electrons. The first kappa shape index (κ1) is 19.4. The van der Waals surface area contributed by atoms with E-state index in [4.69, 9.17) is 10.00 Å². The quantitative estimate of drug-likeness (QED) is 0.686. The largest absolute Gasteiger partial charge is 0.497 e. The average Bonchev–Trinajstić information content (AvgIpc) is 2.66. The van der Waals surface area contributed by atoms with Crippen LogP contribution in [0.5, 0.6) is 5.75 Å². The number of rotatable bonds is 8. The van der Waals surface area contributed by atoms with Crippen LogP contribution in [-0.4, -0.2) is 28.0 Å². The highest BCUT2D eigenvalue weighted by molar-refractivity contribution is 7.89. The molecule has 7 nitrogen and oxygen atoms in total. The minimum absolute atomic E-state index is 0.0206. The predicted octanol–water partition coefficient (Wildman–Crippen LogP) is 1.82. The summed E-state index contributed by atoms with van der Waals surface area (Å²) in [5.41, 5.74) is 1.13. The molecular weight excluding hydrogens is 354 g/mol. The van der Waals surface area contributed by atoms with E-state index in [1.807, 2.05) is 18.2 Å². The number of methoxy groups -OCH3 is 1. The van der Waals surface area contributed by atoms with Gasteiger partial charge in [0.05, 0.1) is 18.1 Å². The summed E-state index contributed by atoms with van der Waals surface area (Å²) < 4.78 is 31.7. The van der Waals surface area contributed by atoms with Crippen molar-refractivity contribution in [2.24, 2.45) is 0 Å². The second-order valence-corrected chi connectivity index (χ2v) is 7.13. The lowest BCUT2D eigenvalue weighted by molar-refractivity contribution is 0.0950. The van der Waals surface area contributed by atoms with Crippen molar-refractivity contribution >= 4 is 15.9 Å². The Morgan fingerprint density at radius 3 is 2.58 bits per heavy atom. The highest BCUT2D eigenvalue weighted by Crippen LogP contribution is 2.13. The molecule has 0 atom stereocenters. The topological polar surface area (TPSA) is 108 Å². The average molecular weight is 373 g/mol. The smallest absolute Gasteiger partial charge is 0.251 e. The van der Waals surface area contributed by atoms with Gasteiger partial charge in [0.1, 0.15) is 5.75 Å². The summed E-state index contributed by atoms with van der Waals surface area (Å²) in [5, 5.41) is 11.2. The van der Waals surface area contributed by atoms with E-state index in [0.29, 0.717) is 6.54 Å². The van der Waals surface area contributed by atoms with Crippen molar-refractivity contribution in [2.45, 2.75) is 17.9 Å². The number of nitrogens with zero attached hydrogens (tertiary/aromatic N) is 1. The fourth-order valence-electron chi connectivity index (χ4n) is 2.16. The molecule has 0 heterocycles. The SMILES string of the molecule is COc1ccc(CNC(=O)c2cccc(S(=O)(=O)NCCC#N)c2)cc1. The molecule has 0 unspecified atom stereocenters. The van der Waals surface area contributed by atoms with E-state index < -0.39 is 10.0 Å². The molecule has 0 aliphatic rings. The molecule has 1 amide bonds. The molecule has 0 aliphatic heterocycles. The molecule has 0 saturated heterocycles. The van der Waals surface area contributed by atoms with Gasteiger partial charge in [0, 0.05) is 25.1 Å². The van der Waals surface area contributed by atoms with Crippen LogP contribution in [-0.2, 0) is 16.6 Å². The highest BCUT2D eigenvalue weighted by atomic mass is 32.2. The van der Waals surface area contributed by atoms with Gasteiger partial charge in [-0.25, -0.2) is 13.1 Å². The van der Waals surface area contributed by atoms with Crippen molar-refractivity contribution in [3.8, 4) is 11.8 Å². The Hall–Kier alpha value is -2.89. The van der Waals surface area contributed by atoms with Gasteiger partial charge in [0.2, 0.25) is 10.0 Å². The molecule has 0 saturated carbocycles. The van der Waals surface area contributed by atoms with Gasteiger partial charge in [0.15, 0.2) is 0 Å². The molecule has 0 aliphatic carbocycles. The van der Waals surface area contributed by atoms with Crippen molar-refractivity contribution in [3.63, 3.8) is 0 Å². The summed E-state index contributed by atoms with van der Waals surface area (Å²) in [7, 11) is -2.18. The van der Waals surface area contributed by atoms with Gasteiger partial charge in [-0.2, -0.15) is 5.26 Å². The molecule has 0 radical (unpaired) electrons. The summed E-state index contributed by atoms with van der Waals surface area (Å²) in [5.74, 6) is 0.344. The normalized spacial score (nSPS) is 10.8. The zero-order valence-electron chi connectivity index (χ0n) is 14.2. The van der Waals surface area contributed by atoms with Crippen LogP contribution in [0, 0.1) is 11.3 Å². The third kappa shape index (κ3) is 5.31. The fraction of sp³-hybridized carbons (Fsp3) is 0.222. The molecule has 2 aromatic carbocycles. The molecule has 0 spiro atoms. The van der Waals surface area contributed by atoms with Crippen molar-refractivity contribution in [3.05, 3.63) is 59.7 Å². The second kappa shape index (κ2) is 8.99. The minimum Gasteiger partial charge on any atom is -0.497 e. The number of ether oxygens (including phenoxy) is 1. The van der Waals surface area contributed by atoms with Crippen LogP contribution in [0.3, 0.4) is 0 Å². The number of hydrogen-bond acceptors (Lipinski definition) is 5. The Balaban J connectivity index is 2.04. The molecule has 2 rings (SSSR count). The van der Waals surface area contributed by atoms with Gasteiger partial charge in [-0.3, -0.25) is 4.79 Å². The zero-order valence-corrected chi connectivity index (χ0v) is 15.0. The standard InChI is InChI=1S/C18H19N3O4S/c1-25-16-8-6-14(7-9-16)13-20-18(22)15-4-2-5-17(12-15)26(23,24)21-11-3-10-19/h2,4-9,12,21H,3,11,13H2,1H3,(H,20,22). The van der Waals surface area contributed by atoms with Crippen LogP contribution in [0.15, 0.2) is 53.4 Å². The number of sulfonamides is 1. The van der Waals surface area contributed by atoms with Crippen LogP contribution in [0.4, 0.5) is 0 Å². The van der Waals surface area contributed by atoms with E-state index in [9.17, 15) is 13.2 Å². The van der Waals surface area contributed by atoms with Crippen molar-refractivity contribution in [1.29, 1.82) is 5.26 Å². The van der Waals surface area contributed by atoms with Crippen molar-refractivity contribution < 1.29 is 17.9 Å². The van der Waals surface area contributed by atoms with Crippen molar-refractivity contribution in [2.75, 3.05) is 13.7 Å². The van der Waals surface area contributed by atoms with Gasteiger partial charge < -0.3 is 10.1 Å². The summed E-state index contributed by atoms with van der Waals surface area (Å²) in [4.78, 5) is 12.3. The number of carbonyl (C=O) groups is 1. The molecule has 2 N–H and O–H groups in total. The van der Waals surface area contributed by atoms with Gasteiger partial charge in [-0.15, -0.1) is 0 Å². The van der Waals surface area contributed by atoms with Gasteiger partial charge >= 0.3 is 0 Å². The molecule has 26 heavy (non-hydrogen) atoms. The Morgan fingerprint density at radius 2 is 1.92 bits per heavy atom. The third-order valence-electron chi connectivity index (χ3n) is 3.55. The molecule has 0 fully saturated rings. The third-order valence-corrected chi connectivity index (χ3v) is 5.01. The molecular formula is C18H19N3O4S. The number of hydrogen-bond donors (Lipinski definition) is 2. The first-order chi connectivity index (χ1) is 12.5. The molecule has 2 aromatic rings. The maximum absolute atomic E-state index is 12.3. The van der Waals surface area contributed by atoms with Gasteiger partial charge in [0.25, 0.3) is 5.91 Å². The summed E-state index contributed by atoms with van der Waals surface area (Å²) in [6.45, 7) is 0.326. The molecule has 8 heteroatoms. The number of benzene rings is 2. The van der Waals surface area contributed by atoms with Crippen LogP contribution in [0.1, 0.15) is 22.3 Å². The van der Waals surface area contributed by atoms with E-state index in [-0.39, 0.29) is 29.3 Å². The van der Waals surface area contributed by atoms with Crippen LogP contribution in [0.25, 0.3) is 0 Å². The minimum atomic E-state index is -3.76. The Labute approximate surface area is 152 Å². The Morgan fingerprint density at radius 1 is 1.19 bits per heavy atom. The van der Waals surface area contributed by atoms with E-state index >= 15 is 0 Å². The Bertz CT molecular complexity index is 903. The number of nitriles is 1. The highest BCUT2D eigenvalue weighted by Gasteiger charge is 2.15. The van der Waals surface area contributed by atoms with Crippen molar-refractivity contribution in [1.82, 2.24) is 10.0 Å². The summed E-state index contributed by atoms with van der Waals surface area (Å²) in [6, 6.07) is 14.9. The number of carbonyl (C=O) groups excluding carboxylic acids is 1. The van der Waals surface area contributed by atoms with Crippen LogP contribution >= 0.6 is 0 Å². The van der Waals surface area contributed by atoms with Crippen LogP contribution in [0.2, 0.25) is 0 Å². The second-order valence-electron chi connectivity index (χ2n) is 5.36. The van der Waals surface area contributed by atoms with Gasteiger partial charge in [-0.1, -0.05) is 18.2 Å². The van der Waals surface area contributed by atoms with E-state index in [0.717, 1.165) is 11.3 Å². The van der Waals surface area contributed by atoms with E-state index in [2.05, 4.69) is 10.0 Å². The summed E-state index contributed by atoms with van der Waals surface area (Å²) in [6.07, 6.45) is 0.0707. The lowest BCUT2D eigenvalue weighted by atomic mass is 10.2. The maximum atomic E-state index is 12.3. The monoisotopic (exact) mass is 373 g/mol. The van der Waals surface area contributed by atoms with E-state index in [1.165, 1.54) is 24.3 Å². The fourth-order valence-corrected chi connectivity index (χ4v) is 3.23. The number of amides is 1. The molecule has 0 aromatic heterocycles. The first-order valence-corrected chi connectivity index (χ1v) is 9.32. The lowest BCUT2D eigenvalue weighted by Crippen LogP contribution is -2.26.